The van der Waals surface area contributed by atoms with Gasteiger partial charge in [0.25, 0.3) is 0 Å². The van der Waals surface area contributed by atoms with E-state index < -0.39 is 0 Å². The number of nitrogens with one attached hydrogen (secondary N) is 1. The summed E-state index contributed by atoms with van der Waals surface area (Å²) in [5.74, 6) is 2.32. The molecule has 20 heavy (non-hydrogen) atoms. The van der Waals surface area contributed by atoms with Crippen LogP contribution in [0.15, 0.2) is 30.3 Å². The first-order chi connectivity index (χ1) is 9.67. The molecule has 0 radical (unpaired) electrons. The van der Waals surface area contributed by atoms with Gasteiger partial charge in [-0.3, -0.25) is 0 Å². The number of pyridine rings is 1. The third kappa shape index (κ3) is 2.85. The van der Waals surface area contributed by atoms with Crippen molar-refractivity contribution in [2.45, 2.75) is 0 Å². The highest BCUT2D eigenvalue weighted by Crippen LogP contribution is 2.31. The van der Waals surface area contributed by atoms with Crippen LogP contribution >= 0.6 is 0 Å². The monoisotopic (exact) mass is 275 g/mol. The molecule has 2 rings (SSSR count). The molecule has 6 nitrogen and oxygen atoms in total. The van der Waals surface area contributed by atoms with Crippen LogP contribution in [0, 0.1) is 0 Å². The molecule has 0 spiro atoms. The Bertz CT molecular complexity index is 602. The zero-order valence-corrected chi connectivity index (χ0v) is 11.6. The van der Waals surface area contributed by atoms with Crippen LogP contribution in [0.1, 0.15) is 0 Å². The second-order valence-corrected chi connectivity index (χ2v) is 3.99. The molecule has 1 aromatic heterocycles. The van der Waals surface area contributed by atoms with E-state index >= 15 is 0 Å². The van der Waals surface area contributed by atoms with Gasteiger partial charge in [0, 0.05) is 11.8 Å². The lowest BCUT2D eigenvalue weighted by atomic mass is 10.2. The summed E-state index contributed by atoms with van der Waals surface area (Å²) in [5.41, 5.74) is 7.04. The summed E-state index contributed by atoms with van der Waals surface area (Å²) in [5, 5.41) is 3.15. The number of nitrogens with zero attached hydrogens (tertiary/aromatic N) is 1. The van der Waals surface area contributed by atoms with Gasteiger partial charge in [0.05, 0.1) is 27.0 Å². The Morgan fingerprint density at radius 3 is 2.35 bits per heavy atom. The number of nitrogens with two attached hydrogens (primary N) is 1. The average Bonchev–Trinajstić information content (AvgIpc) is 2.49. The van der Waals surface area contributed by atoms with E-state index in [-0.39, 0.29) is 0 Å². The minimum atomic E-state index is 0.385. The zero-order valence-electron chi connectivity index (χ0n) is 11.6. The van der Waals surface area contributed by atoms with E-state index in [9.17, 15) is 0 Å². The van der Waals surface area contributed by atoms with Gasteiger partial charge < -0.3 is 25.3 Å². The highest BCUT2D eigenvalue weighted by Gasteiger charge is 2.07. The Morgan fingerprint density at radius 2 is 1.70 bits per heavy atom. The molecule has 0 aliphatic rings. The minimum absolute atomic E-state index is 0.385. The second kappa shape index (κ2) is 6.01. The quantitative estimate of drug-likeness (QED) is 0.872. The summed E-state index contributed by atoms with van der Waals surface area (Å²) in [6, 6.07) is 9.01. The van der Waals surface area contributed by atoms with Gasteiger partial charge in [-0.15, -0.1) is 0 Å². The van der Waals surface area contributed by atoms with E-state index in [1.165, 1.54) is 7.11 Å². The van der Waals surface area contributed by atoms with Gasteiger partial charge in [0.15, 0.2) is 11.5 Å². The highest BCUT2D eigenvalue weighted by atomic mass is 16.5. The van der Waals surface area contributed by atoms with Gasteiger partial charge in [0.1, 0.15) is 5.82 Å². The lowest BCUT2D eigenvalue weighted by Crippen LogP contribution is -2.00. The van der Waals surface area contributed by atoms with Crippen LogP contribution in [0.25, 0.3) is 0 Å². The van der Waals surface area contributed by atoms with Crippen molar-refractivity contribution in [2.24, 2.45) is 0 Å². The summed E-state index contributed by atoms with van der Waals surface area (Å²) in [6.45, 7) is 0. The molecule has 0 unspecified atom stereocenters. The van der Waals surface area contributed by atoms with Gasteiger partial charge in [-0.1, -0.05) is 0 Å². The Labute approximate surface area is 117 Å². The first kappa shape index (κ1) is 13.8. The number of ether oxygens (including phenoxy) is 3. The van der Waals surface area contributed by atoms with E-state index in [0.717, 1.165) is 5.69 Å². The fraction of sp³-hybridized carbons (Fsp3) is 0.214. The molecular formula is C14H17N3O3. The summed E-state index contributed by atoms with van der Waals surface area (Å²) < 4.78 is 15.5. The number of anilines is 3. The molecule has 0 aliphatic heterocycles. The molecule has 0 saturated heterocycles. The summed E-state index contributed by atoms with van der Waals surface area (Å²) in [6.07, 6.45) is 0. The van der Waals surface area contributed by atoms with Gasteiger partial charge in [0.2, 0.25) is 5.88 Å². The topological polar surface area (TPSA) is 78.6 Å². The van der Waals surface area contributed by atoms with Crippen molar-refractivity contribution in [1.82, 2.24) is 4.98 Å². The predicted molar refractivity (Wildman–Crippen MR) is 78.0 cm³/mol. The number of methoxy groups -OCH3 is 3. The molecule has 1 aromatic carbocycles. The van der Waals surface area contributed by atoms with E-state index in [4.69, 9.17) is 19.9 Å². The SMILES string of the molecule is COc1ccc(Nc2ccc(N)c(OC)n2)cc1OC. The lowest BCUT2D eigenvalue weighted by molar-refractivity contribution is 0.355. The summed E-state index contributed by atoms with van der Waals surface area (Å²) >= 11 is 0. The zero-order chi connectivity index (χ0) is 14.5. The fourth-order valence-corrected chi connectivity index (χ4v) is 1.75. The molecule has 3 N–H and O–H groups in total. The molecule has 0 fully saturated rings. The van der Waals surface area contributed by atoms with Crippen molar-refractivity contribution in [3.8, 4) is 17.4 Å². The maximum atomic E-state index is 5.73. The van der Waals surface area contributed by atoms with Crippen LogP contribution in [-0.2, 0) is 0 Å². The molecule has 0 aliphatic carbocycles. The lowest BCUT2D eigenvalue weighted by Gasteiger charge is -2.12. The molecule has 0 atom stereocenters. The average molecular weight is 275 g/mol. The van der Waals surface area contributed by atoms with Crippen LogP contribution in [0.5, 0.6) is 17.4 Å². The van der Waals surface area contributed by atoms with Gasteiger partial charge in [-0.2, -0.15) is 4.98 Å². The van der Waals surface area contributed by atoms with Crippen molar-refractivity contribution >= 4 is 17.2 Å². The summed E-state index contributed by atoms with van der Waals surface area (Å²) in [7, 11) is 4.71. The maximum Gasteiger partial charge on any atom is 0.238 e. The Hall–Kier alpha value is -2.63. The molecular weight excluding hydrogens is 258 g/mol. The van der Waals surface area contributed by atoms with Gasteiger partial charge >= 0.3 is 0 Å². The Morgan fingerprint density at radius 1 is 0.950 bits per heavy atom. The number of rotatable bonds is 5. The number of hydrogen-bond acceptors (Lipinski definition) is 6. The van der Waals surface area contributed by atoms with Crippen molar-refractivity contribution in [3.63, 3.8) is 0 Å². The van der Waals surface area contributed by atoms with Crippen molar-refractivity contribution in [1.29, 1.82) is 0 Å². The van der Waals surface area contributed by atoms with Crippen molar-refractivity contribution in [2.75, 3.05) is 32.4 Å². The van der Waals surface area contributed by atoms with Crippen LogP contribution in [-0.4, -0.2) is 26.3 Å². The second-order valence-electron chi connectivity index (χ2n) is 3.99. The van der Waals surface area contributed by atoms with Crippen LogP contribution in [0.2, 0.25) is 0 Å². The first-order valence-electron chi connectivity index (χ1n) is 5.97. The maximum absolute atomic E-state index is 5.73. The standard InChI is InChI=1S/C14H17N3O3/c1-18-11-6-4-9(8-12(11)19-2)16-13-7-5-10(15)14(17-13)20-3/h4-8H,15H2,1-3H3,(H,16,17). The van der Waals surface area contributed by atoms with Crippen molar-refractivity contribution in [3.05, 3.63) is 30.3 Å². The number of hydrogen-bond donors (Lipinski definition) is 2. The Kier molecular flexibility index (Phi) is 4.14. The molecule has 6 heteroatoms. The van der Waals surface area contributed by atoms with Crippen LogP contribution < -0.4 is 25.3 Å². The van der Waals surface area contributed by atoms with Gasteiger partial charge in [-0.05, 0) is 24.3 Å². The van der Waals surface area contributed by atoms with Crippen LogP contribution in [0.4, 0.5) is 17.2 Å². The fourth-order valence-electron chi connectivity index (χ4n) is 1.75. The van der Waals surface area contributed by atoms with E-state index in [2.05, 4.69) is 10.3 Å². The largest absolute Gasteiger partial charge is 0.493 e. The van der Waals surface area contributed by atoms with E-state index in [0.29, 0.717) is 28.9 Å². The first-order valence-corrected chi connectivity index (χ1v) is 5.97. The summed E-state index contributed by atoms with van der Waals surface area (Å²) in [4.78, 5) is 4.25. The Balaban J connectivity index is 2.25. The molecule has 106 valence electrons. The number of nitrogen functional groups attached to an aromatic ring is 1. The van der Waals surface area contributed by atoms with Crippen molar-refractivity contribution < 1.29 is 14.2 Å². The molecule has 1 heterocycles. The third-order valence-electron chi connectivity index (χ3n) is 2.74. The van der Waals surface area contributed by atoms with E-state index in [1.807, 2.05) is 18.2 Å². The number of benzene rings is 1. The highest BCUT2D eigenvalue weighted by molar-refractivity contribution is 5.63. The predicted octanol–water partition coefficient (Wildman–Crippen LogP) is 2.43. The van der Waals surface area contributed by atoms with Crippen LogP contribution in [0.3, 0.4) is 0 Å². The molecule has 0 saturated carbocycles. The molecule has 0 amide bonds. The van der Waals surface area contributed by atoms with E-state index in [1.54, 1.807) is 26.4 Å². The minimum Gasteiger partial charge on any atom is -0.493 e. The number of aromatic nitrogens is 1. The third-order valence-corrected chi connectivity index (χ3v) is 2.74. The molecule has 0 bridgehead atoms. The normalized spacial score (nSPS) is 9.95. The van der Waals surface area contributed by atoms with Gasteiger partial charge in [-0.25, -0.2) is 0 Å². The molecule has 2 aromatic rings. The smallest absolute Gasteiger partial charge is 0.238 e.